The molecular weight excluding hydrogens is 440 g/mol. The van der Waals surface area contributed by atoms with E-state index in [9.17, 15) is 0 Å². The van der Waals surface area contributed by atoms with Gasteiger partial charge < -0.3 is 19.6 Å². The Kier molecular flexibility index (Phi) is 23.3. The Morgan fingerprint density at radius 1 is 0.444 bits per heavy atom. The number of hydrogen-bond acceptors (Lipinski definition) is 4. The first-order valence-corrected chi connectivity index (χ1v) is 15.0. The first kappa shape index (κ1) is 40.3. The van der Waals surface area contributed by atoms with Gasteiger partial charge in [-0.15, -0.1) is 0 Å². The molecule has 0 aromatic heterocycles. The smallest absolute Gasteiger partial charge is 0.00271 e. The maximum atomic E-state index is 2.48. The first-order valence-electron chi connectivity index (χ1n) is 15.0. The Balaban J connectivity index is -0.000000565. The van der Waals surface area contributed by atoms with Gasteiger partial charge in [-0.05, 0) is 75.8 Å². The maximum Gasteiger partial charge on any atom is 0.00271 e. The molecule has 0 aromatic rings. The molecule has 0 bridgehead atoms. The molecule has 0 aliphatic carbocycles. The number of rotatable bonds is 14. The molecule has 0 aliphatic heterocycles. The fraction of sp³-hybridized carbons (Fsp3) is 1.00. The lowest BCUT2D eigenvalue weighted by molar-refractivity contribution is 0.165. The summed E-state index contributed by atoms with van der Waals surface area (Å²) in [7, 11) is 8.92. The van der Waals surface area contributed by atoms with E-state index in [0.29, 0.717) is 10.8 Å². The largest absolute Gasteiger partial charge is 0.306 e. The summed E-state index contributed by atoms with van der Waals surface area (Å²) in [5.41, 5.74) is 0.801. The lowest BCUT2D eigenvalue weighted by Gasteiger charge is -2.32. The molecule has 0 saturated heterocycles. The van der Waals surface area contributed by atoms with Gasteiger partial charge in [0.15, 0.2) is 0 Å². The van der Waals surface area contributed by atoms with Crippen molar-refractivity contribution in [3.8, 4) is 0 Å². The SMILES string of the molecule is CC.CCN(C)CC(C)C(C)CN(C)CC(C)(C)C.CCN(C)CC(C)C(C)CN(C)CC(C)(C)C. The summed E-state index contributed by atoms with van der Waals surface area (Å²) in [5.74, 6) is 3.05. The molecular formula is C32H74N4. The molecule has 0 fully saturated rings. The van der Waals surface area contributed by atoms with Gasteiger partial charge in [0.2, 0.25) is 0 Å². The lowest BCUT2D eigenvalue weighted by atomic mass is 9.92. The van der Waals surface area contributed by atoms with Crippen molar-refractivity contribution in [2.24, 2.45) is 34.5 Å². The zero-order valence-electron chi connectivity index (χ0n) is 28.8. The average molecular weight is 515 g/mol. The van der Waals surface area contributed by atoms with Crippen molar-refractivity contribution in [2.75, 3.05) is 80.5 Å². The highest BCUT2D eigenvalue weighted by atomic mass is 15.1. The molecule has 0 amide bonds. The van der Waals surface area contributed by atoms with Crippen LogP contribution in [0, 0.1) is 34.5 Å². The van der Waals surface area contributed by atoms with Crippen molar-refractivity contribution in [2.45, 2.75) is 96.9 Å². The molecule has 0 N–H and O–H groups in total. The van der Waals surface area contributed by atoms with Crippen LogP contribution in [0.1, 0.15) is 96.9 Å². The normalized spacial score (nSPS) is 15.8. The van der Waals surface area contributed by atoms with Crippen LogP contribution in [0.4, 0.5) is 0 Å². The molecule has 0 saturated carbocycles. The molecule has 0 aromatic carbocycles. The van der Waals surface area contributed by atoms with Gasteiger partial charge in [-0.25, -0.2) is 0 Å². The van der Waals surface area contributed by atoms with Gasteiger partial charge in [-0.2, -0.15) is 0 Å². The van der Waals surface area contributed by atoms with E-state index in [4.69, 9.17) is 0 Å². The summed E-state index contributed by atoms with van der Waals surface area (Å²) in [5, 5.41) is 0. The van der Waals surface area contributed by atoms with Gasteiger partial charge in [-0.3, -0.25) is 0 Å². The van der Waals surface area contributed by atoms with E-state index in [1.807, 2.05) is 13.8 Å². The van der Waals surface area contributed by atoms with Crippen LogP contribution in [0.15, 0.2) is 0 Å². The number of nitrogens with zero attached hydrogens (tertiary/aromatic N) is 4. The van der Waals surface area contributed by atoms with Gasteiger partial charge in [0.25, 0.3) is 0 Å². The molecule has 0 heterocycles. The second-order valence-corrected chi connectivity index (χ2v) is 14.1. The Labute approximate surface area is 231 Å². The predicted octanol–water partition coefficient (Wildman–Crippen LogP) is 7.40. The summed E-state index contributed by atoms with van der Waals surface area (Å²) in [6.45, 7) is 41.3. The van der Waals surface area contributed by atoms with Crippen LogP contribution >= 0.6 is 0 Å². The highest BCUT2D eigenvalue weighted by Crippen LogP contribution is 2.19. The standard InChI is InChI=1S/2C15H34N2.C2H6/c2*1-9-16(7)10-13(2)14(3)11-17(8)12-15(4,5)6;1-2/h2*13-14H,9-12H2,1-8H3;1-2H3. The molecule has 0 aliphatic rings. The van der Waals surface area contributed by atoms with Crippen molar-refractivity contribution in [1.29, 1.82) is 0 Å². The minimum absolute atomic E-state index is 0.401. The zero-order valence-corrected chi connectivity index (χ0v) is 28.8. The quantitative estimate of drug-likeness (QED) is 0.239. The highest BCUT2D eigenvalue weighted by Gasteiger charge is 2.20. The third-order valence-electron chi connectivity index (χ3n) is 6.91. The van der Waals surface area contributed by atoms with Crippen LogP contribution in [0.2, 0.25) is 0 Å². The highest BCUT2D eigenvalue weighted by molar-refractivity contribution is 4.73. The maximum absolute atomic E-state index is 2.48. The first-order chi connectivity index (χ1) is 16.3. The van der Waals surface area contributed by atoms with Crippen LogP contribution in [0.5, 0.6) is 0 Å². The summed E-state index contributed by atoms with van der Waals surface area (Å²) in [6, 6.07) is 0. The van der Waals surface area contributed by atoms with E-state index in [1.54, 1.807) is 0 Å². The molecule has 4 heteroatoms. The van der Waals surface area contributed by atoms with Crippen molar-refractivity contribution in [3.63, 3.8) is 0 Å². The van der Waals surface area contributed by atoms with Gasteiger partial charge in [0, 0.05) is 39.3 Å². The third-order valence-corrected chi connectivity index (χ3v) is 6.91. The summed E-state index contributed by atoms with van der Waals surface area (Å²) in [4.78, 5) is 9.77. The Bertz CT molecular complexity index is 436. The zero-order chi connectivity index (χ0) is 29.3. The predicted molar refractivity (Wildman–Crippen MR) is 168 cm³/mol. The molecule has 222 valence electrons. The Morgan fingerprint density at radius 3 is 0.806 bits per heavy atom. The van der Waals surface area contributed by atoms with Gasteiger partial charge in [0.1, 0.15) is 0 Å². The van der Waals surface area contributed by atoms with Gasteiger partial charge >= 0.3 is 0 Å². The number of hydrogen-bond donors (Lipinski definition) is 0. The molecule has 4 unspecified atom stereocenters. The van der Waals surface area contributed by atoms with E-state index < -0.39 is 0 Å². The molecule has 4 atom stereocenters. The fourth-order valence-electron chi connectivity index (χ4n) is 4.69. The third kappa shape index (κ3) is 25.5. The second kappa shape index (κ2) is 20.8. The Hall–Kier alpha value is -0.160. The molecule has 0 spiro atoms. The average Bonchev–Trinajstić information content (AvgIpc) is 2.72. The van der Waals surface area contributed by atoms with Crippen molar-refractivity contribution < 1.29 is 0 Å². The lowest BCUT2D eigenvalue weighted by Crippen LogP contribution is -2.36. The summed E-state index contributed by atoms with van der Waals surface area (Å²) >= 11 is 0. The fourth-order valence-corrected chi connectivity index (χ4v) is 4.69. The summed E-state index contributed by atoms with van der Waals surface area (Å²) in [6.07, 6.45) is 0. The Morgan fingerprint density at radius 2 is 0.639 bits per heavy atom. The summed E-state index contributed by atoms with van der Waals surface area (Å²) < 4.78 is 0. The topological polar surface area (TPSA) is 13.0 Å². The van der Waals surface area contributed by atoms with Gasteiger partial charge in [-0.1, -0.05) is 96.9 Å². The van der Waals surface area contributed by atoms with Crippen molar-refractivity contribution in [3.05, 3.63) is 0 Å². The van der Waals surface area contributed by atoms with Crippen LogP contribution in [-0.4, -0.2) is 100 Å². The van der Waals surface area contributed by atoms with E-state index in [1.165, 1.54) is 39.3 Å². The van der Waals surface area contributed by atoms with Crippen LogP contribution < -0.4 is 0 Å². The van der Waals surface area contributed by atoms with Crippen LogP contribution in [-0.2, 0) is 0 Å². The minimum atomic E-state index is 0.401. The van der Waals surface area contributed by atoms with Crippen LogP contribution in [0.25, 0.3) is 0 Å². The van der Waals surface area contributed by atoms with Crippen LogP contribution in [0.3, 0.4) is 0 Å². The molecule has 36 heavy (non-hydrogen) atoms. The minimum Gasteiger partial charge on any atom is -0.306 e. The van der Waals surface area contributed by atoms with E-state index in [2.05, 4.69) is 131 Å². The molecule has 4 nitrogen and oxygen atoms in total. The molecule has 0 radical (unpaired) electrons. The molecule has 0 rings (SSSR count). The van der Waals surface area contributed by atoms with Crippen molar-refractivity contribution >= 4 is 0 Å². The van der Waals surface area contributed by atoms with Gasteiger partial charge in [0.05, 0.1) is 0 Å². The van der Waals surface area contributed by atoms with E-state index in [-0.39, 0.29) is 0 Å². The van der Waals surface area contributed by atoms with E-state index >= 15 is 0 Å². The second-order valence-electron chi connectivity index (χ2n) is 14.1. The van der Waals surface area contributed by atoms with Crippen molar-refractivity contribution in [1.82, 2.24) is 19.6 Å². The monoisotopic (exact) mass is 515 g/mol. The van der Waals surface area contributed by atoms with E-state index in [0.717, 1.165) is 36.8 Å².